The molecule has 2 N–H and O–H groups in total. The van der Waals surface area contributed by atoms with Crippen LogP contribution in [0, 0.1) is 11.8 Å². The second kappa shape index (κ2) is 7.18. The fourth-order valence-corrected chi connectivity index (χ4v) is 5.02. The van der Waals surface area contributed by atoms with E-state index in [0.717, 1.165) is 25.7 Å². The number of fused-ring (bicyclic) bond motifs is 1. The largest absolute Gasteiger partial charge is 0.394 e. The number of aliphatic hydroxyl groups excluding tert-OH is 1. The number of likely N-dealkylation sites (tertiary alicyclic amines) is 1. The van der Waals surface area contributed by atoms with Crippen LogP contribution in [0.3, 0.4) is 0 Å². The summed E-state index contributed by atoms with van der Waals surface area (Å²) in [5.41, 5.74) is 2.45. The zero-order valence-corrected chi connectivity index (χ0v) is 15.5. The lowest BCUT2D eigenvalue weighted by Crippen LogP contribution is -2.51. The Bertz CT molecular complexity index is 725. The molecule has 3 atom stereocenters. The number of rotatable bonds is 4. The van der Waals surface area contributed by atoms with Crippen LogP contribution in [0.1, 0.15) is 24.0 Å². The Morgan fingerprint density at radius 3 is 2.58 bits per heavy atom. The van der Waals surface area contributed by atoms with E-state index < -0.39 is 12.0 Å². The molecule has 2 aliphatic heterocycles. The van der Waals surface area contributed by atoms with E-state index in [2.05, 4.69) is 17.4 Å². The molecule has 1 unspecified atom stereocenters. The van der Waals surface area contributed by atoms with Crippen LogP contribution in [0.15, 0.2) is 24.3 Å². The highest BCUT2D eigenvalue weighted by atomic mass is 32.1. The van der Waals surface area contributed by atoms with Gasteiger partial charge in [-0.2, -0.15) is 0 Å². The monoisotopic (exact) mass is 372 g/mol. The molecule has 1 aromatic rings. The van der Waals surface area contributed by atoms with Gasteiger partial charge in [-0.25, -0.2) is 0 Å². The fourth-order valence-electron chi connectivity index (χ4n) is 4.69. The van der Waals surface area contributed by atoms with Gasteiger partial charge in [0, 0.05) is 23.9 Å². The van der Waals surface area contributed by atoms with Crippen molar-refractivity contribution < 1.29 is 14.7 Å². The van der Waals surface area contributed by atoms with Gasteiger partial charge in [-0.3, -0.25) is 9.59 Å². The van der Waals surface area contributed by atoms with Crippen LogP contribution in [0.25, 0.3) is 0 Å². The molecule has 1 aliphatic carbocycles. The second-order valence-electron chi connectivity index (χ2n) is 7.59. The number of amides is 1. The van der Waals surface area contributed by atoms with Crippen molar-refractivity contribution in [1.29, 1.82) is 0 Å². The molecule has 0 spiro atoms. The highest BCUT2D eigenvalue weighted by molar-refractivity contribution is 7.80. The first kappa shape index (κ1) is 17.8. The number of nitrogens with one attached hydrogen (secondary N) is 1. The van der Waals surface area contributed by atoms with E-state index >= 15 is 0 Å². The van der Waals surface area contributed by atoms with Crippen molar-refractivity contribution in [3.05, 3.63) is 35.4 Å². The topological polar surface area (TPSA) is 69.6 Å². The molecule has 1 amide bonds. The molecule has 4 rings (SSSR count). The molecule has 138 valence electrons. The van der Waals surface area contributed by atoms with Crippen molar-refractivity contribution in [2.45, 2.75) is 37.8 Å². The maximum Gasteiger partial charge on any atom is 0.241 e. The molecular formula is C20H24N2O3S. The molecule has 2 fully saturated rings. The van der Waals surface area contributed by atoms with Crippen molar-refractivity contribution in [1.82, 2.24) is 10.2 Å². The predicted molar refractivity (Wildman–Crippen MR) is 102 cm³/mol. The van der Waals surface area contributed by atoms with Gasteiger partial charge in [0.25, 0.3) is 0 Å². The highest BCUT2D eigenvalue weighted by Crippen LogP contribution is 2.32. The van der Waals surface area contributed by atoms with E-state index in [1.54, 1.807) is 4.90 Å². The van der Waals surface area contributed by atoms with Crippen molar-refractivity contribution in [2.24, 2.45) is 11.8 Å². The first-order chi connectivity index (χ1) is 12.6. The van der Waals surface area contributed by atoms with Gasteiger partial charge in [-0.15, -0.1) is 0 Å². The van der Waals surface area contributed by atoms with Crippen LogP contribution in [-0.4, -0.2) is 58.3 Å². The van der Waals surface area contributed by atoms with Gasteiger partial charge >= 0.3 is 0 Å². The third-order valence-electron chi connectivity index (χ3n) is 6.07. The van der Waals surface area contributed by atoms with Gasteiger partial charge in [-0.05, 0) is 36.8 Å². The first-order valence-electron chi connectivity index (χ1n) is 9.38. The number of hydrogen-bond donors (Lipinski definition) is 2. The smallest absolute Gasteiger partial charge is 0.241 e. The molecule has 0 aromatic heterocycles. The Morgan fingerprint density at radius 1 is 1.23 bits per heavy atom. The van der Waals surface area contributed by atoms with E-state index in [1.165, 1.54) is 11.1 Å². The highest BCUT2D eigenvalue weighted by Gasteiger charge is 2.47. The van der Waals surface area contributed by atoms with E-state index in [0.29, 0.717) is 18.0 Å². The minimum atomic E-state index is -0.578. The average Bonchev–Trinajstić information content (AvgIpc) is 3.37. The molecule has 26 heavy (non-hydrogen) atoms. The lowest BCUT2D eigenvalue weighted by molar-refractivity contribution is -0.138. The Kier molecular flexibility index (Phi) is 4.90. The molecule has 2 heterocycles. The molecule has 5 nitrogen and oxygen atoms in total. The predicted octanol–water partition coefficient (Wildman–Crippen LogP) is 0.912. The summed E-state index contributed by atoms with van der Waals surface area (Å²) >= 11 is 5.46. The second-order valence-corrected chi connectivity index (χ2v) is 8.11. The Morgan fingerprint density at radius 2 is 1.92 bits per heavy atom. The number of carbonyl (C=O) groups excluding carboxylic acids is 2. The molecule has 0 bridgehead atoms. The maximum absolute atomic E-state index is 13.3. The Hall–Kier alpha value is -1.63. The summed E-state index contributed by atoms with van der Waals surface area (Å²) in [6.07, 6.45) is 3.18. The van der Waals surface area contributed by atoms with Crippen LogP contribution in [0.2, 0.25) is 0 Å². The summed E-state index contributed by atoms with van der Waals surface area (Å²) in [5, 5.41) is 12.7. The van der Waals surface area contributed by atoms with Crippen molar-refractivity contribution >= 4 is 28.8 Å². The number of ketones is 1. The van der Waals surface area contributed by atoms with E-state index in [9.17, 15) is 14.7 Å². The first-order valence-corrected chi connectivity index (χ1v) is 9.79. The average molecular weight is 372 g/mol. The molecule has 2 saturated heterocycles. The number of benzene rings is 1. The number of Topliss-reactive ketones (excluding diaryl/α,β-unsaturated/α-hetero) is 1. The summed E-state index contributed by atoms with van der Waals surface area (Å²) in [7, 11) is 0. The number of carbonyl (C=O) groups is 2. The number of nitrogens with zero attached hydrogens (tertiary/aromatic N) is 1. The summed E-state index contributed by atoms with van der Waals surface area (Å²) in [6.45, 7) is 1.05. The molecule has 1 aromatic carbocycles. The van der Waals surface area contributed by atoms with Crippen molar-refractivity contribution in [2.75, 3.05) is 19.7 Å². The quantitative estimate of drug-likeness (QED) is 0.769. The van der Waals surface area contributed by atoms with Gasteiger partial charge < -0.3 is 15.3 Å². The van der Waals surface area contributed by atoms with Crippen LogP contribution < -0.4 is 5.32 Å². The van der Waals surface area contributed by atoms with Gasteiger partial charge in [0.05, 0.1) is 18.6 Å². The minimum Gasteiger partial charge on any atom is -0.394 e. The van der Waals surface area contributed by atoms with Gasteiger partial charge in [0.1, 0.15) is 11.8 Å². The molecule has 3 aliphatic rings. The van der Waals surface area contributed by atoms with E-state index in [-0.39, 0.29) is 30.3 Å². The van der Waals surface area contributed by atoms with Crippen LogP contribution in [-0.2, 0) is 22.4 Å². The fraction of sp³-hybridized carbons (Fsp3) is 0.550. The number of aliphatic hydroxyl groups is 1. The third kappa shape index (κ3) is 3.00. The summed E-state index contributed by atoms with van der Waals surface area (Å²) in [6, 6.07) is 7.44. The molecular weight excluding hydrogens is 348 g/mol. The standard InChI is InChI=1S/C20H24N2O3S/c23-11-15-6-3-7-22(15)20(25)18-17(16(26)10-21-18)19(24)14-8-12-4-1-2-5-13(12)9-14/h1-2,4-5,14-15,17-18,21,23H,3,6-11H2/t15-,17?,18-/m0/s1. The van der Waals surface area contributed by atoms with E-state index in [4.69, 9.17) is 12.2 Å². The van der Waals surface area contributed by atoms with E-state index in [1.807, 2.05) is 12.1 Å². The van der Waals surface area contributed by atoms with Gasteiger partial charge in [0.2, 0.25) is 5.91 Å². The molecule has 0 radical (unpaired) electrons. The van der Waals surface area contributed by atoms with Gasteiger partial charge in [-0.1, -0.05) is 36.5 Å². The normalized spacial score (nSPS) is 28.6. The summed E-state index contributed by atoms with van der Waals surface area (Å²) < 4.78 is 0. The number of thiocarbonyl (C=S) groups is 1. The zero-order chi connectivity index (χ0) is 18.3. The lowest BCUT2D eigenvalue weighted by atomic mass is 9.85. The Balaban J connectivity index is 1.52. The minimum absolute atomic E-state index is 0.0283. The molecule has 0 saturated carbocycles. The van der Waals surface area contributed by atoms with Gasteiger partial charge in [0.15, 0.2) is 0 Å². The third-order valence-corrected chi connectivity index (χ3v) is 6.47. The van der Waals surface area contributed by atoms with Crippen LogP contribution in [0.4, 0.5) is 0 Å². The number of hydrogen-bond acceptors (Lipinski definition) is 5. The maximum atomic E-state index is 13.3. The van der Waals surface area contributed by atoms with Crippen LogP contribution >= 0.6 is 12.2 Å². The SMILES string of the molecule is O=C(C1Cc2ccccc2C1)C1C(=S)CN[C@@H]1C(=O)N1CCC[C@H]1CO. The summed E-state index contributed by atoms with van der Waals surface area (Å²) in [4.78, 5) is 28.7. The summed E-state index contributed by atoms with van der Waals surface area (Å²) in [5.74, 6) is -0.626. The van der Waals surface area contributed by atoms with Crippen molar-refractivity contribution in [3.63, 3.8) is 0 Å². The lowest BCUT2D eigenvalue weighted by Gasteiger charge is -2.29. The van der Waals surface area contributed by atoms with Crippen molar-refractivity contribution in [3.8, 4) is 0 Å². The molecule has 6 heteroatoms. The Labute approximate surface area is 158 Å². The zero-order valence-electron chi connectivity index (χ0n) is 14.7. The van der Waals surface area contributed by atoms with Crippen LogP contribution in [0.5, 0.6) is 0 Å².